The van der Waals surface area contributed by atoms with Crippen LogP contribution in [-0.2, 0) is 9.63 Å². The molecule has 0 aliphatic carbocycles. The van der Waals surface area contributed by atoms with Crippen LogP contribution < -0.4 is 0 Å². The van der Waals surface area contributed by atoms with Crippen molar-refractivity contribution in [2.24, 2.45) is 5.92 Å². The van der Waals surface area contributed by atoms with Gasteiger partial charge in [-0.15, -0.1) is 0 Å². The lowest BCUT2D eigenvalue weighted by Crippen LogP contribution is -2.43. The summed E-state index contributed by atoms with van der Waals surface area (Å²) >= 11 is 0. The van der Waals surface area contributed by atoms with Crippen molar-refractivity contribution in [3.05, 3.63) is 0 Å². The molecule has 0 spiro atoms. The fraction of sp³-hybridized carbons (Fsp3) is 1.00. The van der Waals surface area contributed by atoms with Crippen LogP contribution in [0.5, 0.6) is 0 Å². The summed E-state index contributed by atoms with van der Waals surface area (Å²) in [5.74, 6) is 0.619. The van der Waals surface area contributed by atoms with Gasteiger partial charge < -0.3 is 9.11 Å². The number of hydrogen-bond donors (Lipinski definition) is 2. The van der Waals surface area contributed by atoms with Crippen molar-refractivity contribution in [3.8, 4) is 0 Å². The molecule has 1 rings (SSSR count). The van der Waals surface area contributed by atoms with Gasteiger partial charge in [-0.1, -0.05) is 6.92 Å². The number of rotatable bonds is 0. The minimum atomic E-state index is -4.11. The van der Waals surface area contributed by atoms with Gasteiger partial charge in [-0.05, 0) is 18.8 Å². The summed E-state index contributed by atoms with van der Waals surface area (Å²) in [6.45, 7) is 2.03. The van der Waals surface area contributed by atoms with Crippen LogP contribution in [0, 0.1) is 5.92 Å². The molecule has 10 heavy (non-hydrogen) atoms. The van der Waals surface area contributed by atoms with E-state index < -0.39 is 9.63 Å². The van der Waals surface area contributed by atoms with E-state index in [2.05, 4.69) is 0 Å². The van der Waals surface area contributed by atoms with E-state index in [1.165, 1.54) is 0 Å². The summed E-state index contributed by atoms with van der Waals surface area (Å²) in [6.07, 6.45) is 1.33. The Labute approximate surface area is 60.9 Å². The van der Waals surface area contributed by atoms with Crippen LogP contribution in [-0.4, -0.2) is 24.8 Å². The zero-order valence-corrected chi connectivity index (χ0v) is 6.93. The largest absolute Gasteiger partial charge is 0.308 e. The molecular formula is C6H14O3S. The van der Waals surface area contributed by atoms with Crippen molar-refractivity contribution in [3.63, 3.8) is 0 Å². The molecule has 1 aliphatic heterocycles. The molecule has 4 heteroatoms. The second-order valence-electron chi connectivity index (χ2n) is 3.28. The first-order chi connectivity index (χ1) is 4.37. The molecule has 1 heterocycles. The Morgan fingerprint density at radius 1 is 1.30 bits per heavy atom. The van der Waals surface area contributed by atoms with Crippen LogP contribution >= 0.6 is 0 Å². The third kappa shape index (κ3) is 2.04. The van der Waals surface area contributed by atoms with Gasteiger partial charge in [0.05, 0.1) is 9.63 Å². The molecule has 1 aliphatic rings. The van der Waals surface area contributed by atoms with Gasteiger partial charge in [0.25, 0.3) is 0 Å². The van der Waals surface area contributed by atoms with E-state index in [1.807, 2.05) is 6.92 Å². The van der Waals surface area contributed by atoms with E-state index in [-0.39, 0.29) is 11.5 Å². The quantitative estimate of drug-likeness (QED) is 0.568. The molecule has 1 fully saturated rings. The molecule has 0 amide bonds. The van der Waals surface area contributed by atoms with E-state index in [0.29, 0.717) is 18.8 Å². The molecule has 0 unspecified atom stereocenters. The molecule has 1 saturated heterocycles. The first-order valence-corrected chi connectivity index (χ1v) is 5.72. The Kier molecular flexibility index (Phi) is 1.66. The normalized spacial score (nSPS) is 41.5. The van der Waals surface area contributed by atoms with E-state index in [9.17, 15) is 4.21 Å². The Morgan fingerprint density at radius 3 is 2.00 bits per heavy atom. The molecule has 0 atom stereocenters. The zero-order chi connectivity index (χ0) is 7.85. The minimum absolute atomic E-state index is 0.0678. The minimum Gasteiger partial charge on any atom is -0.308 e. The predicted octanol–water partition coefficient (Wildman–Crippen LogP) is 1.18. The molecule has 0 saturated carbocycles. The molecule has 0 radical (unpaired) electrons. The van der Waals surface area contributed by atoms with Crippen molar-refractivity contribution in [1.82, 2.24) is 0 Å². The van der Waals surface area contributed by atoms with Crippen molar-refractivity contribution >= 4 is 9.63 Å². The lowest BCUT2D eigenvalue weighted by Gasteiger charge is -2.36. The van der Waals surface area contributed by atoms with Gasteiger partial charge in [0.2, 0.25) is 0 Å². The van der Waals surface area contributed by atoms with E-state index in [4.69, 9.17) is 9.11 Å². The summed E-state index contributed by atoms with van der Waals surface area (Å²) in [5, 5.41) is 0. The van der Waals surface area contributed by atoms with Crippen LogP contribution in [0.1, 0.15) is 19.8 Å². The SMILES string of the molecule is CC1CCS(=O)(O)(O)CC1. The third-order valence-corrected chi connectivity index (χ3v) is 4.15. The van der Waals surface area contributed by atoms with Gasteiger partial charge in [-0.2, -0.15) is 0 Å². The van der Waals surface area contributed by atoms with Crippen LogP contribution in [0.15, 0.2) is 0 Å². The van der Waals surface area contributed by atoms with Crippen LogP contribution in [0.3, 0.4) is 0 Å². The molecule has 62 valence electrons. The zero-order valence-electron chi connectivity index (χ0n) is 6.12. The molecule has 0 aromatic heterocycles. The van der Waals surface area contributed by atoms with Gasteiger partial charge in [0, 0.05) is 11.5 Å². The van der Waals surface area contributed by atoms with Crippen LogP contribution in [0.25, 0.3) is 0 Å². The highest BCUT2D eigenvalue weighted by Gasteiger charge is 2.34. The topological polar surface area (TPSA) is 57.5 Å². The molecule has 0 bridgehead atoms. The summed E-state index contributed by atoms with van der Waals surface area (Å²) in [5.41, 5.74) is 0. The fourth-order valence-corrected chi connectivity index (χ4v) is 3.08. The van der Waals surface area contributed by atoms with Crippen LogP contribution in [0.2, 0.25) is 0 Å². The first kappa shape index (κ1) is 8.17. The van der Waals surface area contributed by atoms with Gasteiger partial charge in [-0.3, -0.25) is 0 Å². The van der Waals surface area contributed by atoms with Gasteiger partial charge >= 0.3 is 0 Å². The Balaban J connectivity index is 2.65. The van der Waals surface area contributed by atoms with Crippen molar-refractivity contribution in [1.29, 1.82) is 0 Å². The first-order valence-electron chi connectivity index (χ1n) is 3.50. The molecule has 3 nitrogen and oxygen atoms in total. The lowest BCUT2D eigenvalue weighted by atomic mass is 10.1. The summed E-state index contributed by atoms with van der Waals surface area (Å²) in [6, 6.07) is 0. The smallest absolute Gasteiger partial charge is 0.0826 e. The molecule has 0 aromatic carbocycles. The van der Waals surface area contributed by atoms with Crippen LogP contribution in [0.4, 0.5) is 0 Å². The predicted molar refractivity (Wildman–Crippen MR) is 41.5 cm³/mol. The summed E-state index contributed by atoms with van der Waals surface area (Å²) in [4.78, 5) is 0. The van der Waals surface area contributed by atoms with E-state index in [0.717, 1.165) is 0 Å². The summed E-state index contributed by atoms with van der Waals surface area (Å²) < 4.78 is 29.2. The summed E-state index contributed by atoms with van der Waals surface area (Å²) in [7, 11) is -4.11. The maximum atomic E-state index is 11.1. The molecular weight excluding hydrogens is 152 g/mol. The average molecular weight is 166 g/mol. The molecule has 0 aromatic rings. The highest BCUT2D eigenvalue weighted by atomic mass is 32.3. The Bertz CT molecular complexity index is 179. The monoisotopic (exact) mass is 166 g/mol. The third-order valence-electron chi connectivity index (χ3n) is 2.04. The second-order valence-corrected chi connectivity index (χ2v) is 6.47. The van der Waals surface area contributed by atoms with E-state index >= 15 is 0 Å². The lowest BCUT2D eigenvalue weighted by molar-refractivity contribution is 0.358. The average Bonchev–Trinajstić information content (AvgIpc) is 1.77. The highest BCUT2D eigenvalue weighted by Crippen LogP contribution is 2.29. The number of hydrogen-bond acceptors (Lipinski definition) is 1. The van der Waals surface area contributed by atoms with Gasteiger partial charge in [-0.25, -0.2) is 4.21 Å². The Hall–Kier alpha value is 0.0700. The standard InChI is InChI=1S/C6H14O3S/c1-6-2-4-10(7,8,9)5-3-6/h6H,2-5H2,1H3,(H2,7,8,9). The Morgan fingerprint density at radius 2 is 1.70 bits per heavy atom. The van der Waals surface area contributed by atoms with Crippen molar-refractivity contribution in [2.45, 2.75) is 19.8 Å². The second kappa shape index (κ2) is 2.03. The fourth-order valence-electron chi connectivity index (χ4n) is 1.12. The maximum Gasteiger partial charge on any atom is 0.0826 e. The maximum absolute atomic E-state index is 11.1. The van der Waals surface area contributed by atoms with Crippen molar-refractivity contribution in [2.75, 3.05) is 11.5 Å². The van der Waals surface area contributed by atoms with E-state index in [1.54, 1.807) is 0 Å². The van der Waals surface area contributed by atoms with Gasteiger partial charge in [0.15, 0.2) is 0 Å². The van der Waals surface area contributed by atoms with Gasteiger partial charge in [0.1, 0.15) is 0 Å². The highest BCUT2D eigenvalue weighted by molar-refractivity contribution is 8.10. The van der Waals surface area contributed by atoms with Crippen molar-refractivity contribution < 1.29 is 13.3 Å². The molecule has 2 N–H and O–H groups in total.